The Hall–Kier alpha value is 0.430. The van der Waals surface area contributed by atoms with Crippen molar-refractivity contribution >= 4 is 57.9 Å². The number of hydrogen-bond donors (Lipinski definition) is 0. The highest BCUT2D eigenvalue weighted by atomic mass is 35.6. The van der Waals surface area contributed by atoms with Crippen LogP contribution in [0.25, 0.3) is 0 Å². The Bertz CT molecular complexity index is 209. The topological polar surface area (TPSA) is 20.3 Å². The number of nitrogens with zero attached hydrogens (tertiary/aromatic N) is 1. The SMILES string of the molecule is O=C1CCCC(=S)N1C(Cl)(Cl)Cl. The lowest BCUT2D eigenvalue weighted by atomic mass is 10.1. The highest BCUT2D eigenvalue weighted by Gasteiger charge is 2.38. The molecular formula is C6H6Cl3NOS. The molecule has 0 bridgehead atoms. The van der Waals surface area contributed by atoms with Crippen molar-refractivity contribution in [3.8, 4) is 0 Å². The van der Waals surface area contributed by atoms with Crippen molar-refractivity contribution in [2.75, 3.05) is 0 Å². The highest BCUT2D eigenvalue weighted by molar-refractivity contribution is 7.80. The van der Waals surface area contributed by atoms with Crippen LogP contribution in [0.15, 0.2) is 0 Å². The van der Waals surface area contributed by atoms with Crippen molar-refractivity contribution in [3.63, 3.8) is 0 Å². The van der Waals surface area contributed by atoms with Gasteiger partial charge in [-0.05, 0) is 12.8 Å². The van der Waals surface area contributed by atoms with Gasteiger partial charge in [-0.25, -0.2) is 0 Å². The summed E-state index contributed by atoms with van der Waals surface area (Å²) in [5, 5.41) is 0. The van der Waals surface area contributed by atoms with Crippen LogP contribution in [0.5, 0.6) is 0 Å². The van der Waals surface area contributed by atoms with Gasteiger partial charge in [0.15, 0.2) is 0 Å². The molecule has 0 radical (unpaired) electrons. The summed E-state index contributed by atoms with van der Waals surface area (Å²) < 4.78 is -1.73. The Kier molecular flexibility index (Phi) is 3.21. The summed E-state index contributed by atoms with van der Waals surface area (Å²) in [5.41, 5.74) is 0. The average molecular weight is 247 g/mol. The van der Waals surface area contributed by atoms with Gasteiger partial charge in [0.25, 0.3) is 3.92 Å². The molecule has 1 aliphatic rings. The maximum Gasteiger partial charge on any atom is 0.275 e. The Labute approximate surface area is 90.7 Å². The molecule has 1 rings (SSSR count). The first-order valence-corrected chi connectivity index (χ1v) is 4.90. The van der Waals surface area contributed by atoms with Gasteiger partial charge in [-0.15, -0.1) is 0 Å². The smallest absolute Gasteiger partial charge is 0.274 e. The van der Waals surface area contributed by atoms with Crippen molar-refractivity contribution in [2.24, 2.45) is 0 Å². The molecule has 0 saturated carbocycles. The van der Waals surface area contributed by atoms with Crippen LogP contribution in [-0.4, -0.2) is 19.7 Å². The Morgan fingerprint density at radius 1 is 1.33 bits per heavy atom. The standard InChI is InChI=1S/C6H6Cl3NOS/c7-6(8,9)10-4(11)2-1-3-5(10)12/h1-3H2. The normalized spacial score (nSPS) is 20.1. The van der Waals surface area contributed by atoms with Crippen molar-refractivity contribution in [3.05, 3.63) is 0 Å². The predicted molar refractivity (Wildman–Crippen MR) is 53.6 cm³/mol. The van der Waals surface area contributed by atoms with E-state index in [1.807, 2.05) is 0 Å². The van der Waals surface area contributed by atoms with Gasteiger partial charge in [0.05, 0.1) is 4.99 Å². The molecule has 1 fully saturated rings. The zero-order chi connectivity index (χ0) is 9.35. The second kappa shape index (κ2) is 3.66. The first-order chi connectivity index (χ1) is 5.43. The summed E-state index contributed by atoms with van der Waals surface area (Å²) in [4.78, 5) is 12.7. The lowest BCUT2D eigenvalue weighted by Crippen LogP contribution is -2.46. The third-order valence-electron chi connectivity index (χ3n) is 1.53. The van der Waals surface area contributed by atoms with Gasteiger partial charge >= 0.3 is 0 Å². The molecule has 1 amide bonds. The van der Waals surface area contributed by atoms with E-state index in [1.54, 1.807) is 0 Å². The fourth-order valence-corrected chi connectivity index (χ4v) is 2.16. The maximum atomic E-state index is 11.2. The van der Waals surface area contributed by atoms with E-state index >= 15 is 0 Å². The first kappa shape index (κ1) is 10.5. The molecule has 1 aliphatic heterocycles. The zero-order valence-electron chi connectivity index (χ0n) is 6.02. The van der Waals surface area contributed by atoms with Gasteiger partial charge in [0.2, 0.25) is 5.91 Å². The van der Waals surface area contributed by atoms with Crippen molar-refractivity contribution in [1.29, 1.82) is 0 Å². The molecule has 0 aromatic rings. The molecule has 1 saturated heterocycles. The fourth-order valence-electron chi connectivity index (χ4n) is 1.04. The number of rotatable bonds is 0. The Balaban J connectivity index is 2.84. The third kappa shape index (κ3) is 2.22. The second-order valence-corrected chi connectivity index (χ2v) is 5.14. The van der Waals surface area contributed by atoms with Crippen LogP contribution in [0.2, 0.25) is 0 Å². The van der Waals surface area contributed by atoms with E-state index in [9.17, 15) is 4.79 Å². The van der Waals surface area contributed by atoms with Crippen LogP contribution in [0.4, 0.5) is 0 Å². The van der Waals surface area contributed by atoms with Crippen LogP contribution >= 0.6 is 47.0 Å². The van der Waals surface area contributed by atoms with Crippen LogP contribution in [0, 0.1) is 0 Å². The number of likely N-dealkylation sites (tertiary alicyclic amines) is 1. The zero-order valence-corrected chi connectivity index (χ0v) is 9.10. The summed E-state index contributed by atoms with van der Waals surface area (Å²) in [6.07, 6.45) is 1.78. The number of thiocarbonyl (C=S) groups is 1. The molecule has 0 aromatic carbocycles. The monoisotopic (exact) mass is 245 g/mol. The molecule has 6 heteroatoms. The first-order valence-electron chi connectivity index (χ1n) is 3.35. The van der Waals surface area contributed by atoms with Gasteiger partial charge in [-0.1, -0.05) is 47.0 Å². The molecule has 0 aromatic heterocycles. The van der Waals surface area contributed by atoms with Gasteiger partial charge in [0, 0.05) is 6.42 Å². The van der Waals surface area contributed by atoms with E-state index in [0.717, 1.165) is 11.3 Å². The summed E-state index contributed by atoms with van der Waals surface area (Å²) in [6, 6.07) is 0. The fraction of sp³-hybridized carbons (Fsp3) is 0.667. The summed E-state index contributed by atoms with van der Waals surface area (Å²) in [5.74, 6) is -0.216. The van der Waals surface area contributed by atoms with Gasteiger partial charge < -0.3 is 0 Å². The quantitative estimate of drug-likeness (QED) is 0.372. The van der Waals surface area contributed by atoms with Crippen LogP contribution in [0.3, 0.4) is 0 Å². The number of halogens is 3. The van der Waals surface area contributed by atoms with Crippen molar-refractivity contribution in [1.82, 2.24) is 4.90 Å². The molecule has 0 unspecified atom stereocenters. The number of carbonyl (C=O) groups excluding carboxylic acids is 1. The van der Waals surface area contributed by atoms with E-state index in [2.05, 4.69) is 0 Å². The van der Waals surface area contributed by atoms with E-state index in [-0.39, 0.29) is 5.91 Å². The highest BCUT2D eigenvalue weighted by Crippen LogP contribution is 2.34. The number of alkyl halides is 3. The van der Waals surface area contributed by atoms with Crippen molar-refractivity contribution in [2.45, 2.75) is 23.2 Å². The molecule has 1 heterocycles. The summed E-state index contributed by atoms with van der Waals surface area (Å²) >= 11 is 21.6. The number of amides is 1. The number of piperidine rings is 1. The Morgan fingerprint density at radius 3 is 2.25 bits per heavy atom. The number of hydrogen-bond acceptors (Lipinski definition) is 2. The van der Waals surface area contributed by atoms with E-state index < -0.39 is 3.92 Å². The van der Waals surface area contributed by atoms with Gasteiger partial charge in [0.1, 0.15) is 0 Å². The van der Waals surface area contributed by atoms with E-state index in [4.69, 9.17) is 47.0 Å². The van der Waals surface area contributed by atoms with Crippen molar-refractivity contribution < 1.29 is 4.79 Å². The summed E-state index contributed by atoms with van der Waals surface area (Å²) in [6.45, 7) is 0. The lowest BCUT2D eigenvalue weighted by Gasteiger charge is -2.32. The molecule has 0 spiro atoms. The minimum absolute atomic E-state index is 0.216. The van der Waals surface area contributed by atoms with Crippen LogP contribution < -0.4 is 0 Å². The lowest BCUT2D eigenvalue weighted by molar-refractivity contribution is -0.128. The molecule has 2 nitrogen and oxygen atoms in total. The number of carbonyl (C=O) groups is 1. The van der Waals surface area contributed by atoms with E-state index in [0.29, 0.717) is 17.8 Å². The van der Waals surface area contributed by atoms with E-state index in [1.165, 1.54) is 0 Å². The molecule has 0 aliphatic carbocycles. The molecule has 12 heavy (non-hydrogen) atoms. The average Bonchev–Trinajstić information content (AvgIpc) is 1.82. The van der Waals surface area contributed by atoms with Gasteiger partial charge in [-0.3, -0.25) is 9.69 Å². The maximum absolute atomic E-state index is 11.2. The molecular weight excluding hydrogens is 240 g/mol. The Morgan fingerprint density at radius 2 is 1.92 bits per heavy atom. The van der Waals surface area contributed by atoms with Crippen LogP contribution in [-0.2, 0) is 4.79 Å². The minimum atomic E-state index is -1.73. The molecule has 68 valence electrons. The van der Waals surface area contributed by atoms with Crippen LogP contribution in [0.1, 0.15) is 19.3 Å². The summed E-state index contributed by atoms with van der Waals surface area (Å²) in [7, 11) is 0. The molecule has 0 N–H and O–H groups in total. The minimum Gasteiger partial charge on any atom is -0.274 e. The predicted octanol–water partition coefficient (Wildman–Crippen LogP) is 2.65. The largest absolute Gasteiger partial charge is 0.275 e. The van der Waals surface area contributed by atoms with Gasteiger partial charge in [-0.2, -0.15) is 0 Å². The molecule has 0 atom stereocenters. The second-order valence-electron chi connectivity index (χ2n) is 2.44. The third-order valence-corrected chi connectivity index (χ3v) is 2.43.